The molecule has 1 aliphatic heterocycles. The van der Waals surface area contributed by atoms with Gasteiger partial charge in [0.1, 0.15) is 11.3 Å². The van der Waals surface area contributed by atoms with Crippen molar-refractivity contribution >= 4 is 22.8 Å². The van der Waals surface area contributed by atoms with E-state index in [-0.39, 0.29) is 18.3 Å². The Kier molecular flexibility index (Phi) is 5.49. The number of fused-ring (bicyclic) bond motifs is 1. The van der Waals surface area contributed by atoms with Gasteiger partial charge in [-0.1, -0.05) is 6.92 Å². The topological polar surface area (TPSA) is 69.0 Å². The van der Waals surface area contributed by atoms with E-state index in [0.29, 0.717) is 23.7 Å². The molecule has 1 aromatic carbocycles. The van der Waals surface area contributed by atoms with Crippen LogP contribution in [0.15, 0.2) is 22.6 Å². The monoisotopic (exact) mass is 359 g/mol. The van der Waals surface area contributed by atoms with Crippen molar-refractivity contribution in [2.45, 2.75) is 33.6 Å². The van der Waals surface area contributed by atoms with Crippen LogP contribution in [-0.2, 0) is 9.53 Å². The molecule has 2 aromatic rings. The van der Waals surface area contributed by atoms with E-state index in [1.54, 1.807) is 24.0 Å². The lowest BCUT2D eigenvalue weighted by molar-refractivity contribution is -0.136. The van der Waals surface area contributed by atoms with Crippen molar-refractivity contribution in [2.24, 2.45) is 5.92 Å². The van der Waals surface area contributed by atoms with Gasteiger partial charge in [0.05, 0.1) is 6.61 Å². The first kappa shape index (κ1) is 18.3. The molecule has 26 heavy (non-hydrogen) atoms. The first-order chi connectivity index (χ1) is 12.5. The van der Waals surface area contributed by atoms with Crippen molar-refractivity contribution < 1.29 is 23.5 Å². The Balaban J connectivity index is 1.67. The second kappa shape index (κ2) is 7.81. The summed E-state index contributed by atoms with van der Waals surface area (Å²) in [7, 11) is 0. The largest absolute Gasteiger partial charge is 0.494 e. The van der Waals surface area contributed by atoms with Crippen LogP contribution in [0.1, 0.15) is 42.8 Å². The number of nitrogens with zero attached hydrogens (tertiary/aromatic N) is 1. The summed E-state index contributed by atoms with van der Waals surface area (Å²) >= 11 is 0. The Morgan fingerprint density at radius 2 is 2.15 bits per heavy atom. The van der Waals surface area contributed by atoms with Crippen LogP contribution in [0.3, 0.4) is 0 Å². The van der Waals surface area contributed by atoms with E-state index < -0.39 is 5.97 Å². The molecule has 1 saturated heterocycles. The van der Waals surface area contributed by atoms with Gasteiger partial charge in [-0.3, -0.25) is 4.79 Å². The van der Waals surface area contributed by atoms with Gasteiger partial charge in [0.2, 0.25) is 5.76 Å². The van der Waals surface area contributed by atoms with Gasteiger partial charge in [0.25, 0.3) is 5.91 Å². The molecule has 1 atom stereocenters. The lowest BCUT2D eigenvalue weighted by Gasteiger charge is -2.30. The zero-order chi connectivity index (χ0) is 18.7. The predicted molar refractivity (Wildman–Crippen MR) is 97.4 cm³/mol. The fourth-order valence-corrected chi connectivity index (χ4v) is 3.35. The highest BCUT2D eigenvalue weighted by Gasteiger charge is 2.24. The van der Waals surface area contributed by atoms with E-state index in [0.717, 1.165) is 37.1 Å². The first-order valence-corrected chi connectivity index (χ1v) is 9.10. The Labute approximate surface area is 153 Å². The minimum atomic E-state index is -0.616. The smallest absolute Gasteiger partial charge is 0.375 e. The summed E-state index contributed by atoms with van der Waals surface area (Å²) in [6.07, 6.45) is 2.12. The van der Waals surface area contributed by atoms with Crippen molar-refractivity contribution in [1.29, 1.82) is 0 Å². The number of hydrogen-bond donors (Lipinski definition) is 0. The van der Waals surface area contributed by atoms with E-state index in [9.17, 15) is 9.59 Å². The normalized spacial score (nSPS) is 17.3. The molecule has 6 heteroatoms. The second-order valence-corrected chi connectivity index (χ2v) is 6.81. The van der Waals surface area contributed by atoms with Crippen LogP contribution in [0.2, 0.25) is 0 Å². The van der Waals surface area contributed by atoms with E-state index in [1.807, 2.05) is 13.0 Å². The van der Waals surface area contributed by atoms with E-state index >= 15 is 0 Å². The van der Waals surface area contributed by atoms with Crippen molar-refractivity contribution in [3.63, 3.8) is 0 Å². The second-order valence-electron chi connectivity index (χ2n) is 6.81. The molecule has 2 heterocycles. The fourth-order valence-electron chi connectivity index (χ4n) is 3.35. The van der Waals surface area contributed by atoms with Crippen molar-refractivity contribution in [3.05, 3.63) is 29.5 Å². The molecular weight excluding hydrogens is 334 g/mol. The summed E-state index contributed by atoms with van der Waals surface area (Å²) in [5, 5.41) is 0.805. The standard InChI is InChI=1S/C20H25NO5/c1-4-24-15-7-8-17-16(10-15)14(3)19(26-17)20(23)25-12-18(22)21-9-5-6-13(2)11-21/h7-8,10,13H,4-6,9,11-12H2,1-3H3/t13-/m0/s1. The van der Waals surface area contributed by atoms with Crippen molar-refractivity contribution in [2.75, 3.05) is 26.3 Å². The average molecular weight is 359 g/mol. The highest BCUT2D eigenvalue weighted by Crippen LogP contribution is 2.29. The minimum absolute atomic E-state index is 0.133. The maximum absolute atomic E-state index is 12.4. The van der Waals surface area contributed by atoms with Gasteiger partial charge in [0, 0.05) is 24.0 Å². The van der Waals surface area contributed by atoms with Crippen LogP contribution in [0, 0.1) is 12.8 Å². The number of carbonyl (C=O) groups is 2. The van der Waals surface area contributed by atoms with Crippen molar-refractivity contribution in [3.8, 4) is 5.75 Å². The minimum Gasteiger partial charge on any atom is -0.494 e. The molecule has 1 fully saturated rings. The number of furan rings is 1. The number of piperidine rings is 1. The number of ether oxygens (including phenoxy) is 2. The number of likely N-dealkylation sites (tertiary alicyclic amines) is 1. The number of hydrogen-bond acceptors (Lipinski definition) is 5. The number of rotatable bonds is 5. The number of amides is 1. The Morgan fingerprint density at radius 3 is 2.88 bits per heavy atom. The molecule has 0 aliphatic carbocycles. The molecule has 0 unspecified atom stereocenters. The summed E-state index contributed by atoms with van der Waals surface area (Å²) in [6.45, 7) is 7.59. The number of esters is 1. The number of carbonyl (C=O) groups excluding carboxylic acids is 2. The molecular formula is C20H25NO5. The highest BCUT2D eigenvalue weighted by molar-refractivity contribution is 5.97. The van der Waals surface area contributed by atoms with Gasteiger partial charge in [-0.15, -0.1) is 0 Å². The van der Waals surface area contributed by atoms with Gasteiger partial charge < -0.3 is 18.8 Å². The maximum Gasteiger partial charge on any atom is 0.375 e. The Bertz CT molecular complexity index is 810. The average Bonchev–Trinajstić information content (AvgIpc) is 2.96. The maximum atomic E-state index is 12.4. The summed E-state index contributed by atoms with van der Waals surface area (Å²) in [4.78, 5) is 26.4. The summed E-state index contributed by atoms with van der Waals surface area (Å²) in [6, 6.07) is 5.41. The summed E-state index contributed by atoms with van der Waals surface area (Å²) in [5.41, 5.74) is 1.28. The zero-order valence-electron chi connectivity index (χ0n) is 15.5. The van der Waals surface area contributed by atoms with Crippen LogP contribution >= 0.6 is 0 Å². The van der Waals surface area contributed by atoms with E-state index in [2.05, 4.69) is 6.92 Å². The number of benzene rings is 1. The summed E-state index contributed by atoms with van der Waals surface area (Å²) in [5.74, 6) is 0.569. The van der Waals surface area contributed by atoms with Gasteiger partial charge in [-0.05, 0) is 50.8 Å². The Hall–Kier alpha value is -2.50. The molecule has 6 nitrogen and oxygen atoms in total. The third kappa shape index (κ3) is 3.84. The van der Waals surface area contributed by atoms with Gasteiger partial charge in [-0.2, -0.15) is 0 Å². The molecule has 0 spiro atoms. The molecule has 0 N–H and O–H groups in total. The Morgan fingerprint density at radius 1 is 1.35 bits per heavy atom. The van der Waals surface area contributed by atoms with E-state index in [4.69, 9.17) is 13.9 Å². The van der Waals surface area contributed by atoms with E-state index in [1.165, 1.54) is 0 Å². The molecule has 3 rings (SSSR count). The molecule has 140 valence electrons. The SMILES string of the molecule is CCOc1ccc2oc(C(=O)OCC(=O)N3CCC[C@H](C)C3)c(C)c2c1. The molecule has 1 aliphatic rings. The van der Waals surface area contributed by atoms with Gasteiger partial charge >= 0.3 is 5.97 Å². The van der Waals surface area contributed by atoms with Gasteiger partial charge in [0.15, 0.2) is 6.61 Å². The van der Waals surface area contributed by atoms with Gasteiger partial charge in [-0.25, -0.2) is 4.79 Å². The zero-order valence-corrected chi connectivity index (χ0v) is 15.5. The molecule has 0 radical (unpaired) electrons. The van der Waals surface area contributed by atoms with Crippen molar-refractivity contribution in [1.82, 2.24) is 4.90 Å². The third-order valence-corrected chi connectivity index (χ3v) is 4.74. The third-order valence-electron chi connectivity index (χ3n) is 4.74. The summed E-state index contributed by atoms with van der Waals surface area (Å²) < 4.78 is 16.3. The fraction of sp³-hybridized carbons (Fsp3) is 0.500. The van der Waals surface area contributed by atoms with Crippen LogP contribution < -0.4 is 4.74 Å². The molecule has 1 aromatic heterocycles. The number of aryl methyl sites for hydroxylation is 1. The van der Waals surface area contributed by atoms with Crippen LogP contribution in [0.4, 0.5) is 0 Å². The quantitative estimate of drug-likeness (QED) is 0.764. The van der Waals surface area contributed by atoms with Crippen LogP contribution in [-0.4, -0.2) is 43.1 Å². The first-order valence-electron chi connectivity index (χ1n) is 9.10. The van der Waals surface area contributed by atoms with Crippen LogP contribution in [0.25, 0.3) is 11.0 Å². The molecule has 1 amide bonds. The highest BCUT2D eigenvalue weighted by atomic mass is 16.5. The lowest BCUT2D eigenvalue weighted by atomic mass is 10.0. The lowest BCUT2D eigenvalue weighted by Crippen LogP contribution is -2.41. The predicted octanol–water partition coefficient (Wildman–Crippen LogP) is 3.56. The van der Waals surface area contributed by atoms with Crippen LogP contribution in [0.5, 0.6) is 5.75 Å². The molecule has 0 bridgehead atoms. The molecule has 0 saturated carbocycles.